The van der Waals surface area contributed by atoms with E-state index in [0.29, 0.717) is 13.1 Å². The van der Waals surface area contributed by atoms with E-state index in [1.54, 1.807) is 11.3 Å². The van der Waals surface area contributed by atoms with E-state index in [9.17, 15) is 4.79 Å². The average molecular weight is 345 g/mol. The molecular weight excluding hydrogens is 324 g/mol. The largest absolute Gasteiger partial charge is 0.351 e. The van der Waals surface area contributed by atoms with Gasteiger partial charge in [-0.1, -0.05) is 25.7 Å². The maximum absolute atomic E-state index is 12.5. The number of hydrogen-bond acceptors (Lipinski definition) is 3. The highest BCUT2D eigenvalue weighted by atomic mass is 79.9. The van der Waals surface area contributed by atoms with Crippen LogP contribution in [-0.2, 0) is 11.3 Å². The van der Waals surface area contributed by atoms with Crippen LogP contribution in [-0.4, -0.2) is 12.5 Å². The zero-order chi connectivity index (χ0) is 13.7. The van der Waals surface area contributed by atoms with E-state index < -0.39 is 0 Å². The summed E-state index contributed by atoms with van der Waals surface area (Å²) in [7, 11) is 0. The van der Waals surface area contributed by atoms with Crippen LogP contribution in [0.3, 0.4) is 0 Å². The average Bonchev–Trinajstić information content (AvgIpc) is 2.69. The second-order valence-electron chi connectivity index (χ2n) is 5.29. The lowest BCUT2D eigenvalue weighted by Crippen LogP contribution is -2.45. The van der Waals surface area contributed by atoms with Gasteiger partial charge < -0.3 is 11.1 Å². The summed E-state index contributed by atoms with van der Waals surface area (Å²) >= 11 is 5.09. The molecule has 106 valence electrons. The third-order valence-corrected chi connectivity index (χ3v) is 5.61. The summed E-state index contributed by atoms with van der Waals surface area (Å²) in [6.45, 7) is 1.07. The molecule has 0 atom stereocenters. The molecule has 0 bridgehead atoms. The Morgan fingerprint density at radius 2 is 2.00 bits per heavy atom. The van der Waals surface area contributed by atoms with Gasteiger partial charge in [0, 0.05) is 11.4 Å². The number of carbonyl (C=O) groups is 1. The van der Waals surface area contributed by atoms with Crippen molar-refractivity contribution in [1.82, 2.24) is 5.32 Å². The minimum absolute atomic E-state index is 0.140. The van der Waals surface area contributed by atoms with Gasteiger partial charge in [-0.3, -0.25) is 4.79 Å². The van der Waals surface area contributed by atoms with Crippen molar-refractivity contribution in [2.24, 2.45) is 11.1 Å². The Morgan fingerprint density at radius 3 is 2.53 bits per heavy atom. The Hall–Kier alpha value is -0.390. The smallest absolute Gasteiger partial charge is 0.227 e. The highest BCUT2D eigenvalue weighted by Gasteiger charge is 2.36. The van der Waals surface area contributed by atoms with Gasteiger partial charge in [-0.05, 0) is 40.9 Å². The van der Waals surface area contributed by atoms with Crippen molar-refractivity contribution < 1.29 is 4.79 Å². The summed E-state index contributed by atoms with van der Waals surface area (Å²) in [5.74, 6) is 0.140. The Bertz CT molecular complexity index is 425. The number of thiophene rings is 1. The lowest BCUT2D eigenvalue weighted by atomic mass is 9.79. The number of nitrogens with two attached hydrogens (primary N) is 1. The fraction of sp³-hybridized carbons (Fsp3) is 0.643. The molecule has 2 rings (SSSR count). The van der Waals surface area contributed by atoms with Crippen molar-refractivity contribution >= 4 is 33.2 Å². The van der Waals surface area contributed by atoms with Gasteiger partial charge in [-0.25, -0.2) is 0 Å². The molecule has 0 saturated heterocycles. The van der Waals surface area contributed by atoms with Crippen LogP contribution in [0.4, 0.5) is 0 Å². The molecule has 0 radical (unpaired) electrons. The van der Waals surface area contributed by atoms with Crippen molar-refractivity contribution in [3.8, 4) is 0 Å². The second kappa shape index (κ2) is 6.86. The Balaban J connectivity index is 1.96. The van der Waals surface area contributed by atoms with Gasteiger partial charge in [0.1, 0.15) is 0 Å². The molecule has 0 aromatic carbocycles. The van der Waals surface area contributed by atoms with Crippen molar-refractivity contribution in [3.05, 3.63) is 20.8 Å². The summed E-state index contributed by atoms with van der Waals surface area (Å²) in [5, 5.41) is 3.07. The molecule has 3 nitrogen and oxygen atoms in total. The highest BCUT2D eigenvalue weighted by molar-refractivity contribution is 9.11. The number of rotatable bonds is 4. The number of halogens is 1. The van der Waals surface area contributed by atoms with E-state index in [1.807, 2.05) is 12.1 Å². The van der Waals surface area contributed by atoms with Crippen molar-refractivity contribution in [2.45, 2.75) is 45.1 Å². The molecule has 1 aliphatic carbocycles. The molecule has 1 aliphatic rings. The zero-order valence-electron chi connectivity index (χ0n) is 11.1. The van der Waals surface area contributed by atoms with E-state index in [-0.39, 0.29) is 11.3 Å². The first-order valence-corrected chi connectivity index (χ1v) is 8.50. The van der Waals surface area contributed by atoms with Crippen molar-refractivity contribution in [2.75, 3.05) is 6.54 Å². The van der Waals surface area contributed by atoms with Crippen LogP contribution < -0.4 is 11.1 Å². The van der Waals surface area contributed by atoms with Crippen LogP contribution in [0.15, 0.2) is 15.9 Å². The zero-order valence-corrected chi connectivity index (χ0v) is 13.5. The molecule has 1 aromatic rings. The summed E-state index contributed by atoms with van der Waals surface area (Å²) in [4.78, 5) is 13.7. The van der Waals surface area contributed by atoms with Gasteiger partial charge in [0.05, 0.1) is 15.7 Å². The first kappa shape index (κ1) is 15.0. The predicted octanol–water partition coefficient (Wildman–Crippen LogP) is 3.43. The van der Waals surface area contributed by atoms with Crippen molar-refractivity contribution in [1.29, 1.82) is 0 Å². The molecule has 19 heavy (non-hydrogen) atoms. The lowest BCUT2D eigenvalue weighted by Gasteiger charge is -2.29. The predicted molar refractivity (Wildman–Crippen MR) is 83.1 cm³/mol. The fourth-order valence-corrected chi connectivity index (χ4v) is 4.15. The standard InChI is InChI=1S/C14H21BrN2OS/c15-12-6-5-11(19-12)9-17-13(18)14(10-16)7-3-1-2-4-8-14/h5-6H,1-4,7-10,16H2,(H,17,18). The van der Waals surface area contributed by atoms with E-state index in [1.165, 1.54) is 17.7 Å². The monoisotopic (exact) mass is 344 g/mol. The third-order valence-electron chi connectivity index (χ3n) is 3.99. The Morgan fingerprint density at radius 1 is 1.32 bits per heavy atom. The van der Waals surface area contributed by atoms with Crippen LogP contribution in [0.5, 0.6) is 0 Å². The first-order chi connectivity index (χ1) is 9.16. The fourth-order valence-electron chi connectivity index (χ4n) is 2.73. The van der Waals surface area contributed by atoms with Crippen LogP contribution in [0.25, 0.3) is 0 Å². The van der Waals surface area contributed by atoms with Crippen LogP contribution >= 0.6 is 27.3 Å². The van der Waals surface area contributed by atoms with E-state index >= 15 is 0 Å². The van der Waals surface area contributed by atoms with Crippen LogP contribution in [0.2, 0.25) is 0 Å². The molecule has 1 aromatic heterocycles. The van der Waals surface area contributed by atoms with Crippen molar-refractivity contribution in [3.63, 3.8) is 0 Å². The van der Waals surface area contributed by atoms with Crippen LogP contribution in [0, 0.1) is 5.41 Å². The van der Waals surface area contributed by atoms with E-state index in [0.717, 1.165) is 29.5 Å². The third kappa shape index (κ3) is 3.80. The summed E-state index contributed by atoms with van der Waals surface area (Å²) in [5.41, 5.74) is 5.59. The number of hydrogen-bond donors (Lipinski definition) is 2. The molecule has 1 fully saturated rings. The molecule has 1 heterocycles. The van der Waals surface area contributed by atoms with Gasteiger partial charge in [-0.15, -0.1) is 11.3 Å². The topological polar surface area (TPSA) is 55.1 Å². The Labute approximate surface area is 127 Å². The second-order valence-corrected chi connectivity index (χ2v) is 7.83. The van der Waals surface area contributed by atoms with Gasteiger partial charge in [0.2, 0.25) is 5.91 Å². The molecule has 5 heteroatoms. The molecule has 1 amide bonds. The highest BCUT2D eigenvalue weighted by Crippen LogP contribution is 2.34. The Kier molecular flexibility index (Phi) is 5.42. The van der Waals surface area contributed by atoms with E-state index in [2.05, 4.69) is 21.2 Å². The molecule has 3 N–H and O–H groups in total. The quantitative estimate of drug-likeness (QED) is 0.822. The molecule has 1 saturated carbocycles. The molecule has 0 spiro atoms. The maximum Gasteiger partial charge on any atom is 0.227 e. The van der Waals surface area contributed by atoms with Gasteiger partial charge in [0.15, 0.2) is 0 Å². The first-order valence-electron chi connectivity index (χ1n) is 6.89. The SMILES string of the molecule is NCC1(C(=O)NCc2ccc(Br)s2)CCCCCC1. The van der Waals surface area contributed by atoms with Crippen LogP contribution in [0.1, 0.15) is 43.4 Å². The minimum atomic E-state index is -0.328. The maximum atomic E-state index is 12.5. The number of amides is 1. The van der Waals surface area contributed by atoms with Gasteiger partial charge >= 0.3 is 0 Å². The molecule has 0 aliphatic heterocycles. The number of nitrogens with one attached hydrogen (secondary N) is 1. The molecule has 0 unspecified atom stereocenters. The molecular formula is C14H21BrN2OS. The summed E-state index contributed by atoms with van der Waals surface area (Å²) in [6.07, 6.45) is 6.57. The summed E-state index contributed by atoms with van der Waals surface area (Å²) < 4.78 is 1.10. The normalized spacial score (nSPS) is 18.8. The van der Waals surface area contributed by atoms with Gasteiger partial charge in [0.25, 0.3) is 0 Å². The lowest BCUT2D eigenvalue weighted by molar-refractivity contribution is -0.131. The van der Waals surface area contributed by atoms with E-state index in [4.69, 9.17) is 5.73 Å². The summed E-state index contributed by atoms with van der Waals surface area (Å²) in [6, 6.07) is 4.05. The van der Waals surface area contributed by atoms with Gasteiger partial charge in [-0.2, -0.15) is 0 Å². The number of carbonyl (C=O) groups excluding carboxylic acids is 1. The minimum Gasteiger partial charge on any atom is -0.351 e.